The van der Waals surface area contributed by atoms with Crippen LogP contribution in [0.1, 0.15) is 17.3 Å². The van der Waals surface area contributed by atoms with Gasteiger partial charge in [0.15, 0.2) is 5.82 Å². The zero-order chi connectivity index (χ0) is 13.0. The van der Waals surface area contributed by atoms with Gasteiger partial charge in [0.2, 0.25) is 5.89 Å². The van der Waals surface area contributed by atoms with E-state index in [2.05, 4.69) is 10.1 Å². The zero-order valence-electron chi connectivity index (χ0n) is 9.79. The molecular formula is C12H12N2O4. The van der Waals surface area contributed by atoms with Crippen LogP contribution in [-0.4, -0.2) is 28.3 Å². The lowest BCUT2D eigenvalue weighted by atomic mass is 10.1. The minimum Gasteiger partial charge on any atom is -0.497 e. The number of carboxylic acids is 1. The summed E-state index contributed by atoms with van der Waals surface area (Å²) < 4.78 is 9.88. The smallest absolute Gasteiger partial charge is 0.312 e. The highest BCUT2D eigenvalue weighted by Crippen LogP contribution is 2.13. The predicted molar refractivity (Wildman–Crippen MR) is 61.4 cm³/mol. The van der Waals surface area contributed by atoms with Crippen molar-refractivity contribution in [1.29, 1.82) is 0 Å². The van der Waals surface area contributed by atoms with E-state index in [0.717, 1.165) is 11.3 Å². The molecule has 0 saturated heterocycles. The molecule has 0 spiro atoms. The molecule has 1 aromatic carbocycles. The molecule has 6 heteroatoms. The van der Waals surface area contributed by atoms with E-state index in [1.807, 2.05) is 24.3 Å². The van der Waals surface area contributed by atoms with Crippen molar-refractivity contribution in [2.24, 2.45) is 0 Å². The van der Waals surface area contributed by atoms with Crippen molar-refractivity contribution in [3.05, 3.63) is 41.5 Å². The Balaban J connectivity index is 2.03. The number of nitrogens with zero attached hydrogens (tertiary/aromatic N) is 2. The molecule has 1 aromatic heterocycles. The number of carboxylic acid groups (broad SMARTS) is 1. The third kappa shape index (κ3) is 3.07. The van der Waals surface area contributed by atoms with Gasteiger partial charge in [-0.25, -0.2) is 0 Å². The SMILES string of the molecule is COc1ccc(Cc2noc(CC(=O)O)n2)cc1. The van der Waals surface area contributed by atoms with Crippen LogP contribution in [0.3, 0.4) is 0 Å². The van der Waals surface area contributed by atoms with Crippen molar-refractivity contribution >= 4 is 5.97 Å². The molecule has 0 radical (unpaired) electrons. The van der Waals surface area contributed by atoms with E-state index in [1.54, 1.807) is 7.11 Å². The van der Waals surface area contributed by atoms with Crippen molar-refractivity contribution in [2.75, 3.05) is 7.11 Å². The summed E-state index contributed by atoms with van der Waals surface area (Å²) in [6, 6.07) is 7.47. The summed E-state index contributed by atoms with van der Waals surface area (Å²) >= 11 is 0. The normalized spacial score (nSPS) is 10.3. The molecule has 0 aliphatic carbocycles. The van der Waals surface area contributed by atoms with Gasteiger partial charge in [0, 0.05) is 6.42 Å². The summed E-state index contributed by atoms with van der Waals surface area (Å²) in [6.07, 6.45) is 0.239. The molecule has 0 saturated carbocycles. The molecule has 0 bridgehead atoms. The number of ether oxygens (including phenoxy) is 1. The Morgan fingerprint density at radius 1 is 1.39 bits per heavy atom. The fourth-order valence-electron chi connectivity index (χ4n) is 1.49. The zero-order valence-corrected chi connectivity index (χ0v) is 9.79. The van der Waals surface area contributed by atoms with Gasteiger partial charge in [-0.15, -0.1) is 0 Å². The Bertz CT molecular complexity index is 533. The number of rotatable bonds is 5. The van der Waals surface area contributed by atoms with Crippen LogP contribution in [0.4, 0.5) is 0 Å². The number of hydrogen-bond acceptors (Lipinski definition) is 5. The maximum Gasteiger partial charge on any atom is 0.312 e. The number of hydrogen-bond donors (Lipinski definition) is 1. The molecule has 0 amide bonds. The molecule has 0 unspecified atom stereocenters. The Kier molecular flexibility index (Phi) is 3.57. The summed E-state index contributed by atoms with van der Waals surface area (Å²) in [5, 5.41) is 12.3. The first-order chi connectivity index (χ1) is 8.67. The Morgan fingerprint density at radius 2 is 2.11 bits per heavy atom. The Hall–Kier alpha value is -2.37. The predicted octanol–water partition coefficient (Wildman–Crippen LogP) is 1.30. The second kappa shape index (κ2) is 5.31. The van der Waals surface area contributed by atoms with Crippen LogP contribution in [0.25, 0.3) is 0 Å². The second-order valence-corrected chi connectivity index (χ2v) is 3.70. The minimum absolute atomic E-state index is 0.117. The molecule has 2 rings (SSSR count). The van der Waals surface area contributed by atoms with Gasteiger partial charge in [-0.1, -0.05) is 17.3 Å². The molecule has 6 nitrogen and oxygen atoms in total. The highest BCUT2D eigenvalue weighted by Gasteiger charge is 2.10. The van der Waals surface area contributed by atoms with E-state index in [0.29, 0.717) is 12.2 Å². The van der Waals surface area contributed by atoms with E-state index in [4.69, 9.17) is 14.4 Å². The summed E-state index contributed by atoms with van der Waals surface area (Å²) in [6.45, 7) is 0. The molecule has 94 valence electrons. The summed E-state index contributed by atoms with van der Waals surface area (Å²) in [4.78, 5) is 14.5. The quantitative estimate of drug-likeness (QED) is 0.858. The molecule has 0 atom stereocenters. The van der Waals surface area contributed by atoms with Crippen LogP contribution < -0.4 is 4.74 Å². The highest BCUT2D eigenvalue weighted by molar-refractivity contribution is 5.68. The number of aromatic nitrogens is 2. The number of benzene rings is 1. The fraction of sp³-hybridized carbons (Fsp3) is 0.250. The Labute approximate surface area is 103 Å². The highest BCUT2D eigenvalue weighted by atomic mass is 16.5. The van der Waals surface area contributed by atoms with Gasteiger partial charge in [0.05, 0.1) is 7.11 Å². The second-order valence-electron chi connectivity index (χ2n) is 3.70. The first-order valence-electron chi connectivity index (χ1n) is 5.33. The van der Waals surface area contributed by atoms with Crippen molar-refractivity contribution in [1.82, 2.24) is 10.1 Å². The van der Waals surface area contributed by atoms with Crippen LogP contribution in [-0.2, 0) is 17.6 Å². The monoisotopic (exact) mass is 248 g/mol. The van der Waals surface area contributed by atoms with E-state index >= 15 is 0 Å². The van der Waals surface area contributed by atoms with Gasteiger partial charge in [-0.2, -0.15) is 4.98 Å². The van der Waals surface area contributed by atoms with E-state index < -0.39 is 5.97 Å². The number of aliphatic carboxylic acids is 1. The minimum atomic E-state index is -0.991. The fourth-order valence-corrected chi connectivity index (χ4v) is 1.49. The lowest BCUT2D eigenvalue weighted by Crippen LogP contribution is -2.00. The molecule has 2 aromatic rings. The largest absolute Gasteiger partial charge is 0.497 e. The molecule has 1 N–H and O–H groups in total. The van der Waals surface area contributed by atoms with Crippen LogP contribution >= 0.6 is 0 Å². The standard InChI is InChI=1S/C12H12N2O4/c1-17-9-4-2-8(3-5-9)6-10-13-11(18-14-10)7-12(15)16/h2-5H,6-7H2,1H3,(H,15,16). The van der Waals surface area contributed by atoms with Crippen LogP contribution in [0.15, 0.2) is 28.8 Å². The third-order valence-corrected chi connectivity index (χ3v) is 2.33. The maximum atomic E-state index is 10.5. The topological polar surface area (TPSA) is 85.5 Å². The van der Waals surface area contributed by atoms with Gasteiger partial charge in [0.25, 0.3) is 0 Å². The average Bonchev–Trinajstić information content (AvgIpc) is 2.76. The van der Waals surface area contributed by atoms with Gasteiger partial charge in [-0.3, -0.25) is 4.79 Å². The van der Waals surface area contributed by atoms with Crippen LogP contribution in [0.5, 0.6) is 5.75 Å². The molecule has 1 heterocycles. The molecule has 0 aliphatic heterocycles. The van der Waals surface area contributed by atoms with Crippen LogP contribution in [0, 0.1) is 0 Å². The molecule has 0 fully saturated rings. The number of methoxy groups -OCH3 is 1. The van der Waals surface area contributed by atoms with E-state index in [-0.39, 0.29) is 12.3 Å². The summed E-state index contributed by atoms with van der Waals surface area (Å²) in [7, 11) is 1.60. The lowest BCUT2D eigenvalue weighted by Gasteiger charge is -2.00. The van der Waals surface area contributed by atoms with Gasteiger partial charge in [0.1, 0.15) is 12.2 Å². The summed E-state index contributed by atoms with van der Waals surface area (Å²) in [5.41, 5.74) is 0.999. The maximum absolute atomic E-state index is 10.5. The van der Waals surface area contributed by atoms with Crippen LogP contribution in [0.2, 0.25) is 0 Å². The average molecular weight is 248 g/mol. The van der Waals surface area contributed by atoms with E-state index in [9.17, 15) is 4.79 Å². The van der Waals surface area contributed by atoms with Gasteiger partial charge >= 0.3 is 5.97 Å². The molecule has 18 heavy (non-hydrogen) atoms. The van der Waals surface area contributed by atoms with Crippen molar-refractivity contribution in [2.45, 2.75) is 12.8 Å². The van der Waals surface area contributed by atoms with Gasteiger partial charge < -0.3 is 14.4 Å². The van der Waals surface area contributed by atoms with Crippen molar-refractivity contribution in [3.8, 4) is 5.75 Å². The molecular weight excluding hydrogens is 236 g/mol. The summed E-state index contributed by atoms with van der Waals surface area (Å²) in [5.74, 6) is 0.371. The number of carbonyl (C=O) groups is 1. The first kappa shape index (κ1) is 12.1. The van der Waals surface area contributed by atoms with Crippen molar-refractivity contribution < 1.29 is 19.2 Å². The van der Waals surface area contributed by atoms with E-state index in [1.165, 1.54) is 0 Å². The van der Waals surface area contributed by atoms with Crippen molar-refractivity contribution in [3.63, 3.8) is 0 Å². The Morgan fingerprint density at radius 3 is 2.72 bits per heavy atom. The first-order valence-corrected chi connectivity index (χ1v) is 5.33. The van der Waals surface area contributed by atoms with Gasteiger partial charge in [-0.05, 0) is 17.7 Å². The molecule has 0 aliphatic rings. The third-order valence-electron chi connectivity index (χ3n) is 2.33. The lowest BCUT2D eigenvalue weighted by molar-refractivity contribution is -0.136.